The highest BCUT2D eigenvalue weighted by Crippen LogP contribution is 2.49. The lowest BCUT2D eigenvalue weighted by Crippen LogP contribution is -2.51. The molecule has 4 fully saturated rings. The Morgan fingerprint density at radius 2 is 1.86 bits per heavy atom. The second-order valence-corrected chi connectivity index (χ2v) is 15.4. The predicted molar refractivity (Wildman–Crippen MR) is 182 cm³/mol. The Morgan fingerprint density at radius 3 is 2.57 bits per heavy atom. The number of nitrogens with two attached hydrogens (primary N) is 1. The van der Waals surface area contributed by atoms with Crippen molar-refractivity contribution in [1.29, 1.82) is 5.26 Å². The first-order valence-electron chi connectivity index (χ1n) is 17.0. The third-order valence-corrected chi connectivity index (χ3v) is 12.2. The highest BCUT2D eigenvalue weighted by molar-refractivity contribution is 7.23. The average molecular weight is 688 g/mol. The number of likely N-dealkylation sites (tertiary alicyclic amines) is 1. The summed E-state index contributed by atoms with van der Waals surface area (Å²) in [5.41, 5.74) is 9.28. The molecule has 0 spiro atoms. The molecular formula is C36H36F3N7O2S. The van der Waals surface area contributed by atoms with Crippen LogP contribution >= 0.6 is 11.3 Å². The van der Waals surface area contributed by atoms with E-state index >= 15 is 8.78 Å². The van der Waals surface area contributed by atoms with E-state index in [9.17, 15) is 9.65 Å². The Morgan fingerprint density at radius 1 is 1.10 bits per heavy atom. The van der Waals surface area contributed by atoms with Gasteiger partial charge >= 0.3 is 6.01 Å². The van der Waals surface area contributed by atoms with Gasteiger partial charge in [-0.15, -0.1) is 11.3 Å². The van der Waals surface area contributed by atoms with E-state index in [0.717, 1.165) is 100 Å². The van der Waals surface area contributed by atoms with Crippen molar-refractivity contribution in [2.45, 2.75) is 63.8 Å². The van der Waals surface area contributed by atoms with E-state index in [0.29, 0.717) is 46.4 Å². The molecule has 1 aliphatic carbocycles. The van der Waals surface area contributed by atoms with Gasteiger partial charge < -0.3 is 30.3 Å². The average Bonchev–Trinajstić information content (AvgIpc) is 3.37. The van der Waals surface area contributed by atoms with Crippen LogP contribution in [0.1, 0.15) is 55.2 Å². The van der Waals surface area contributed by atoms with Gasteiger partial charge in [-0.1, -0.05) is 6.07 Å². The van der Waals surface area contributed by atoms with Crippen LogP contribution in [0.2, 0.25) is 0 Å². The van der Waals surface area contributed by atoms with E-state index in [-0.39, 0.29) is 51.0 Å². The van der Waals surface area contributed by atoms with Crippen molar-refractivity contribution in [3.63, 3.8) is 0 Å². The minimum Gasteiger partial charge on any atom is -0.463 e. The number of hydrogen-bond donors (Lipinski definition) is 2. The maximum Gasteiger partial charge on any atom is 0.319 e. The minimum atomic E-state index is -0.585. The molecule has 2 aromatic heterocycles. The maximum atomic E-state index is 17.4. The topological polar surface area (TPSA) is 113 Å². The molecule has 2 unspecified atom stereocenters. The summed E-state index contributed by atoms with van der Waals surface area (Å²) in [5.74, 6) is -0.463. The summed E-state index contributed by atoms with van der Waals surface area (Å²) in [6, 6.07) is 5.67. The largest absolute Gasteiger partial charge is 0.463 e. The van der Waals surface area contributed by atoms with Crippen molar-refractivity contribution >= 4 is 43.1 Å². The highest BCUT2D eigenvalue weighted by atomic mass is 32.1. The first kappa shape index (κ1) is 31.1. The van der Waals surface area contributed by atoms with Crippen molar-refractivity contribution < 1.29 is 22.6 Å². The molecule has 6 heterocycles. The van der Waals surface area contributed by atoms with Gasteiger partial charge in [-0.3, -0.25) is 0 Å². The Bertz CT molecular complexity index is 2070. The van der Waals surface area contributed by atoms with Crippen molar-refractivity contribution in [3.05, 3.63) is 52.4 Å². The first-order valence-corrected chi connectivity index (χ1v) is 17.8. The van der Waals surface area contributed by atoms with Crippen LogP contribution in [0.5, 0.6) is 6.01 Å². The van der Waals surface area contributed by atoms with Crippen LogP contribution < -0.4 is 20.7 Å². The van der Waals surface area contributed by atoms with Gasteiger partial charge in [-0.05, 0) is 66.9 Å². The lowest BCUT2D eigenvalue weighted by Gasteiger charge is -2.35. The Hall–Kier alpha value is -3.96. The lowest BCUT2D eigenvalue weighted by atomic mass is 9.90. The number of rotatable bonds is 7. The molecule has 49 heavy (non-hydrogen) atoms. The molecule has 0 radical (unpaired) electrons. The zero-order chi connectivity index (χ0) is 33.4. The molecule has 2 atom stereocenters. The molecular weight excluding hydrogens is 652 g/mol. The van der Waals surface area contributed by atoms with E-state index in [1.165, 1.54) is 12.1 Å². The van der Waals surface area contributed by atoms with Crippen LogP contribution in [-0.2, 0) is 18.0 Å². The summed E-state index contributed by atoms with van der Waals surface area (Å²) in [5, 5.41) is 14.7. The summed E-state index contributed by atoms with van der Waals surface area (Å²) in [6.45, 7) is 4.75. The number of nitriles is 1. The second-order valence-electron chi connectivity index (χ2n) is 14.3. The number of benzene rings is 2. The van der Waals surface area contributed by atoms with Gasteiger partial charge in [0.2, 0.25) is 0 Å². The SMILES string of the molecule is N#Cc1c(N)sc2c(F)ccc(-c3c4c(c5c(N6CC7CCC(C6)N7)nc(OCC6(CN7CCC(=CF)CC7)CC6)nc5c3F)COC4)c12. The van der Waals surface area contributed by atoms with Gasteiger partial charge in [0.05, 0.1) is 41.8 Å². The molecule has 5 aliphatic rings. The molecule has 2 aromatic carbocycles. The van der Waals surface area contributed by atoms with E-state index in [1.54, 1.807) is 0 Å². The summed E-state index contributed by atoms with van der Waals surface area (Å²) < 4.78 is 58.0. The summed E-state index contributed by atoms with van der Waals surface area (Å²) in [6.07, 6.45) is 6.37. The minimum absolute atomic E-state index is 0.0503. The van der Waals surface area contributed by atoms with Crippen LogP contribution in [-0.4, -0.2) is 66.3 Å². The second kappa shape index (κ2) is 11.8. The Balaban J connectivity index is 1.16. The standard InChI is InChI=1S/C36H36F3N7O2S/c37-11-19-5-9-45(10-6-19)17-36(7-8-36)18-48-35-43-31-29(34(44-35)46-13-20-1-2-21(14-46)42-20)25-16-47-15-24(25)27(30(31)39)22-3-4-26(38)32-28(22)23(12-40)33(41)49-32/h3-4,11,20-21,42H,1-2,5-10,13-18,41H2. The van der Waals surface area contributed by atoms with Gasteiger partial charge in [0.1, 0.15) is 28.2 Å². The van der Waals surface area contributed by atoms with Crippen LogP contribution in [0.3, 0.4) is 0 Å². The fourth-order valence-corrected chi connectivity index (χ4v) is 9.32. The normalized spacial score (nSPS) is 22.9. The number of fused-ring (bicyclic) bond motifs is 6. The number of hydrogen-bond acceptors (Lipinski definition) is 10. The molecule has 4 aliphatic heterocycles. The van der Waals surface area contributed by atoms with Crippen molar-refractivity contribution in [2.24, 2.45) is 5.41 Å². The van der Waals surface area contributed by atoms with Gasteiger partial charge in [0.15, 0.2) is 5.82 Å². The van der Waals surface area contributed by atoms with E-state index in [4.69, 9.17) is 25.2 Å². The first-order chi connectivity index (χ1) is 23.8. The van der Waals surface area contributed by atoms with E-state index < -0.39 is 11.6 Å². The molecule has 1 saturated carbocycles. The number of nitrogen functional groups attached to an aromatic ring is 1. The summed E-state index contributed by atoms with van der Waals surface area (Å²) >= 11 is 0.985. The number of piperazine rings is 1. The monoisotopic (exact) mass is 687 g/mol. The molecule has 3 saturated heterocycles. The highest BCUT2D eigenvalue weighted by Gasteiger charge is 2.45. The number of anilines is 2. The quantitative estimate of drug-likeness (QED) is 0.231. The predicted octanol–water partition coefficient (Wildman–Crippen LogP) is 6.32. The van der Waals surface area contributed by atoms with E-state index in [2.05, 4.69) is 21.2 Å². The third-order valence-electron chi connectivity index (χ3n) is 11.1. The zero-order valence-electron chi connectivity index (χ0n) is 27.0. The van der Waals surface area contributed by atoms with Crippen LogP contribution in [0.15, 0.2) is 24.0 Å². The molecule has 9 rings (SSSR count). The summed E-state index contributed by atoms with van der Waals surface area (Å²) in [4.78, 5) is 14.4. The van der Waals surface area contributed by atoms with Gasteiger partial charge in [0, 0.05) is 61.2 Å². The number of thiophene rings is 1. The fourth-order valence-electron chi connectivity index (χ4n) is 8.37. The van der Waals surface area contributed by atoms with Gasteiger partial charge in [0.25, 0.3) is 0 Å². The summed E-state index contributed by atoms with van der Waals surface area (Å²) in [7, 11) is 0. The number of aromatic nitrogens is 2. The molecule has 254 valence electrons. The van der Waals surface area contributed by atoms with Crippen LogP contribution in [0, 0.1) is 28.4 Å². The zero-order valence-corrected chi connectivity index (χ0v) is 27.8. The lowest BCUT2D eigenvalue weighted by molar-refractivity contribution is 0.135. The molecule has 4 aromatic rings. The molecule has 9 nitrogen and oxygen atoms in total. The van der Waals surface area contributed by atoms with Gasteiger partial charge in [-0.2, -0.15) is 15.2 Å². The van der Waals surface area contributed by atoms with Crippen LogP contribution in [0.4, 0.5) is 24.0 Å². The number of ether oxygens (including phenoxy) is 2. The van der Waals surface area contributed by atoms with Crippen molar-refractivity contribution in [2.75, 3.05) is 50.0 Å². The molecule has 2 bridgehead atoms. The van der Waals surface area contributed by atoms with E-state index in [1.807, 2.05) is 0 Å². The maximum absolute atomic E-state index is 17.4. The smallest absolute Gasteiger partial charge is 0.319 e. The third kappa shape index (κ3) is 5.23. The van der Waals surface area contributed by atoms with Crippen LogP contribution in [0.25, 0.3) is 32.1 Å². The number of nitrogens with one attached hydrogen (secondary N) is 1. The molecule has 3 N–H and O–H groups in total. The van der Waals surface area contributed by atoms with Crippen molar-refractivity contribution in [3.8, 4) is 23.2 Å². The van der Waals surface area contributed by atoms with Crippen molar-refractivity contribution in [1.82, 2.24) is 20.2 Å². The molecule has 13 heteroatoms. The fraction of sp³-hybridized carbons (Fsp3) is 0.472. The number of nitrogens with zero attached hydrogens (tertiary/aromatic N) is 5. The van der Waals surface area contributed by atoms with Gasteiger partial charge in [-0.25, -0.2) is 13.2 Å². The number of piperidine rings is 1. The Kier molecular flexibility index (Phi) is 7.50. The number of halogens is 3. The molecule has 0 amide bonds. The Labute approximate surface area is 285 Å².